The van der Waals surface area contributed by atoms with Crippen LogP contribution < -0.4 is 11.1 Å². The van der Waals surface area contributed by atoms with E-state index in [0.717, 1.165) is 43.1 Å². The molecule has 0 amide bonds. The lowest BCUT2D eigenvalue weighted by atomic mass is 9.90. The van der Waals surface area contributed by atoms with E-state index < -0.39 is 0 Å². The Morgan fingerprint density at radius 2 is 2.21 bits per heavy atom. The highest BCUT2D eigenvalue weighted by molar-refractivity contribution is 5.52. The standard InChI is InChI=1S/C13H19N5O/c1-10-6-11-15-9-16-18(11)12(7-10)17-13(8-14)2-4-19-5-3-13/h6-7,9,17H,2-5,8,14H2,1H3. The third kappa shape index (κ3) is 2.29. The van der Waals surface area contributed by atoms with Gasteiger partial charge in [-0.15, -0.1) is 0 Å². The number of hydrogen-bond donors (Lipinski definition) is 2. The van der Waals surface area contributed by atoms with Crippen LogP contribution in [0.1, 0.15) is 18.4 Å². The van der Waals surface area contributed by atoms with E-state index in [1.165, 1.54) is 0 Å². The van der Waals surface area contributed by atoms with Crippen molar-refractivity contribution in [3.05, 3.63) is 24.0 Å². The number of hydrogen-bond acceptors (Lipinski definition) is 5. The van der Waals surface area contributed by atoms with Crippen molar-refractivity contribution >= 4 is 11.5 Å². The number of pyridine rings is 1. The number of nitrogens with two attached hydrogens (primary N) is 1. The summed E-state index contributed by atoms with van der Waals surface area (Å²) < 4.78 is 7.25. The van der Waals surface area contributed by atoms with Gasteiger partial charge in [-0.3, -0.25) is 0 Å². The lowest BCUT2D eigenvalue weighted by molar-refractivity contribution is 0.0626. The summed E-state index contributed by atoms with van der Waals surface area (Å²) in [6.07, 6.45) is 3.39. The van der Waals surface area contributed by atoms with Crippen molar-refractivity contribution in [1.82, 2.24) is 14.6 Å². The summed E-state index contributed by atoms with van der Waals surface area (Å²) in [4.78, 5) is 4.24. The predicted molar refractivity (Wildman–Crippen MR) is 73.2 cm³/mol. The van der Waals surface area contributed by atoms with E-state index in [2.05, 4.69) is 28.4 Å². The molecule has 2 aromatic heterocycles. The first-order chi connectivity index (χ1) is 9.22. The van der Waals surface area contributed by atoms with Crippen LogP contribution in [0, 0.1) is 6.92 Å². The third-order valence-electron chi connectivity index (χ3n) is 3.76. The Balaban J connectivity index is 1.97. The Bertz CT molecular complexity index is 573. The molecule has 6 heteroatoms. The smallest absolute Gasteiger partial charge is 0.157 e. The van der Waals surface area contributed by atoms with E-state index >= 15 is 0 Å². The minimum atomic E-state index is -0.106. The zero-order valence-electron chi connectivity index (χ0n) is 11.1. The zero-order valence-corrected chi connectivity index (χ0v) is 11.1. The molecule has 1 saturated heterocycles. The van der Waals surface area contributed by atoms with E-state index in [1.54, 1.807) is 6.33 Å². The fourth-order valence-electron chi connectivity index (χ4n) is 2.56. The Hall–Kier alpha value is -1.66. The molecule has 0 spiro atoms. The van der Waals surface area contributed by atoms with Gasteiger partial charge in [-0.1, -0.05) is 0 Å². The van der Waals surface area contributed by atoms with Gasteiger partial charge in [0.1, 0.15) is 12.1 Å². The molecule has 0 bridgehead atoms. The first-order valence-corrected chi connectivity index (χ1v) is 6.59. The van der Waals surface area contributed by atoms with Gasteiger partial charge in [-0.05, 0) is 37.5 Å². The normalized spacial score (nSPS) is 18.6. The molecular formula is C13H19N5O. The van der Waals surface area contributed by atoms with Gasteiger partial charge in [0.2, 0.25) is 0 Å². The second-order valence-electron chi connectivity index (χ2n) is 5.17. The fourth-order valence-corrected chi connectivity index (χ4v) is 2.56. The predicted octanol–water partition coefficient (Wildman–Crippen LogP) is 0.958. The van der Waals surface area contributed by atoms with Crippen molar-refractivity contribution < 1.29 is 4.74 Å². The second-order valence-corrected chi connectivity index (χ2v) is 5.17. The van der Waals surface area contributed by atoms with Crippen LogP contribution in [0.25, 0.3) is 5.65 Å². The third-order valence-corrected chi connectivity index (χ3v) is 3.76. The molecule has 0 atom stereocenters. The van der Waals surface area contributed by atoms with Crippen molar-refractivity contribution in [3.8, 4) is 0 Å². The number of ether oxygens (including phenoxy) is 1. The van der Waals surface area contributed by atoms with Crippen LogP contribution in [0.15, 0.2) is 18.5 Å². The summed E-state index contributed by atoms with van der Waals surface area (Å²) in [5, 5.41) is 7.83. The molecule has 0 radical (unpaired) electrons. The topological polar surface area (TPSA) is 77.5 Å². The average Bonchev–Trinajstić information content (AvgIpc) is 2.88. The monoisotopic (exact) mass is 261 g/mol. The van der Waals surface area contributed by atoms with Gasteiger partial charge in [-0.25, -0.2) is 4.98 Å². The van der Waals surface area contributed by atoms with Gasteiger partial charge >= 0.3 is 0 Å². The molecule has 1 aliphatic heterocycles. The Kier molecular flexibility index (Phi) is 3.12. The fraction of sp³-hybridized carbons (Fsp3) is 0.538. The molecule has 2 aromatic rings. The molecule has 1 aliphatic rings. The van der Waals surface area contributed by atoms with Gasteiger partial charge in [0.15, 0.2) is 5.65 Å². The SMILES string of the molecule is Cc1cc(NC2(CN)CCOCC2)n2ncnc2c1. The van der Waals surface area contributed by atoms with Crippen LogP contribution in [0.3, 0.4) is 0 Å². The summed E-state index contributed by atoms with van der Waals surface area (Å²) in [5.74, 6) is 0.944. The van der Waals surface area contributed by atoms with Crippen LogP contribution in [-0.4, -0.2) is 39.9 Å². The number of nitrogens with zero attached hydrogens (tertiary/aromatic N) is 3. The molecule has 102 valence electrons. The van der Waals surface area contributed by atoms with Crippen LogP contribution >= 0.6 is 0 Å². The van der Waals surface area contributed by atoms with Crippen LogP contribution in [0.2, 0.25) is 0 Å². The minimum absolute atomic E-state index is 0.106. The molecule has 6 nitrogen and oxygen atoms in total. The van der Waals surface area contributed by atoms with Gasteiger partial charge in [0, 0.05) is 19.8 Å². The van der Waals surface area contributed by atoms with Gasteiger partial charge < -0.3 is 15.8 Å². The van der Waals surface area contributed by atoms with Gasteiger partial charge in [0.25, 0.3) is 0 Å². The molecule has 0 aromatic carbocycles. The van der Waals surface area contributed by atoms with E-state index in [1.807, 2.05) is 10.6 Å². The number of aromatic nitrogens is 3. The Morgan fingerprint density at radius 1 is 1.42 bits per heavy atom. The lowest BCUT2D eigenvalue weighted by Gasteiger charge is -2.37. The summed E-state index contributed by atoms with van der Waals surface area (Å²) >= 11 is 0. The second kappa shape index (κ2) is 4.79. The van der Waals surface area contributed by atoms with Crippen LogP contribution in [0.4, 0.5) is 5.82 Å². The number of aryl methyl sites for hydroxylation is 1. The maximum absolute atomic E-state index is 5.98. The molecule has 0 saturated carbocycles. The summed E-state index contributed by atoms with van der Waals surface area (Å²) in [7, 11) is 0. The molecular weight excluding hydrogens is 242 g/mol. The number of nitrogens with one attached hydrogen (secondary N) is 1. The number of rotatable bonds is 3. The minimum Gasteiger partial charge on any atom is -0.381 e. The highest BCUT2D eigenvalue weighted by atomic mass is 16.5. The van der Waals surface area contributed by atoms with Crippen LogP contribution in [0.5, 0.6) is 0 Å². The van der Waals surface area contributed by atoms with E-state index in [9.17, 15) is 0 Å². The van der Waals surface area contributed by atoms with Crippen molar-refractivity contribution in [2.45, 2.75) is 25.3 Å². The summed E-state index contributed by atoms with van der Waals surface area (Å²) in [6, 6.07) is 4.09. The molecule has 0 unspecified atom stereocenters. The summed E-state index contributed by atoms with van der Waals surface area (Å²) in [5.41, 5.74) is 7.88. The summed E-state index contributed by atoms with van der Waals surface area (Å²) in [6.45, 7) is 4.13. The maximum atomic E-state index is 5.98. The average molecular weight is 261 g/mol. The lowest BCUT2D eigenvalue weighted by Crippen LogP contribution is -2.50. The molecule has 3 rings (SSSR count). The zero-order chi connectivity index (χ0) is 13.3. The maximum Gasteiger partial charge on any atom is 0.157 e. The first kappa shape index (κ1) is 12.4. The molecule has 3 N–H and O–H groups in total. The Morgan fingerprint density at radius 3 is 2.95 bits per heavy atom. The van der Waals surface area contributed by atoms with Crippen molar-refractivity contribution in [2.75, 3.05) is 25.1 Å². The molecule has 0 aliphatic carbocycles. The number of anilines is 1. The van der Waals surface area contributed by atoms with Crippen LogP contribution in [-0.2, 0) is 4.74 Å². The van der Waals surface area contributed by atoms with Crippen molar-refractivity contribution in [1.29, 1.82) is 0 Å². The quantitative estimate of drug-likeness (QED) is 0.860. The van der Waals surface area contributed by atoms with E-state index in [-0.39, 0.29) is 5.54 Å². The largest absolute Gasteiger partial charge is 0.381 e. The van der Waals surface area contributed by atoms with Gasteiger partial charge in [0.05, 0.1) is 5.54 Å². The molecule has 1 fully saturated rings. The van der Waals surface area contributed by atoms with Gasteiger partial charge in [-0.2, -0.15) is 9.61 Å². The van der Waals surface area contributed by atoms with E-state index in [0.29, 0.717) is 6.54 Å². The highest BCUT2D eigenvalue weighted by Crippen LogP contribution is 2.25. The first-order valence-electron chi connectivity index (χ1n) is 6.59. The van der Waals surface area contributed by atoms with Crippen molar-refractivity contribution in [2.24, 2.45) is 5.73 Å². The van der Waals surface area contributed by atoms with Crippen molar-refractivity contribution in [3.63, 3.8) is 0 Å². The molecule has 3 heterocycles. The highest BCUT2D eigenvalue weighted by Gasteiger charge is 2.31. The number of fused-ring (bicyclic) bond motifs is 1. The molecule has 19 heavy (non-hydrogen) atoms. The Labute approximate surface area is 112 Å². The van der Waals surface area contributed by atoms with E-state index in [4.69, 9.17) is 10.5 Å².